The standard InChI is InChI=1S/C15H25N/c1(3-9-15-10-4-5-11-15)2-6-12-16-13-7-8-14-16/h4-5,7,13,15H,1-3,6,8-12,14H2. The Morgan fingerprint density at radius 2 is 1.75 bits per heavy atom. The van der Waals surface area contributed by atoms with E-state index < -0.39 is 0 Å². The quantitative estimate of drug-likeness (QED) is 0.460. The molecule has 1 nitrogen and oxygen atoms in total. The summed E-state index contributed by atoms with van der Waals surface area (Å²) in [6.45, 7) is 2.54. The van der Waals surface area contributed by atoms with Gasteiger partial charge in [0.25, 0.3) is 0 Å². The monoisotopic (exact) mass is 219 g/mol. The molecule has 90 valence electrons. The zero-order chi connectivity index (χ0) is 11.1. The molecule has 16 heavy (non-hydrogen) atoms. The minimum absolute atomic E-state index is 0.988. The predicted molar refractivity (Wildman–Crippen MR) is 70.3 cm³/mol. The highest BCUT2D eigenvalue weighted by Crippen LogP contribution is 2.23. The van der Waals surface area contributed by atoms with Gasteiger partial charge in [-0.05, 0) is 44.2 Å². The number of rotatable bonds is 7. The molecule has 0 unspecified atom stereocenters. The molecule has 0 aromatic rings. The first kappa shape index (κ1) is 11.8. The fourth-order valence-corrected chi connectivity index (χ4v) is 2.74. The summed E-state index contributed by atoms with van der Waals surface area (Å²) in [7, 11) is 0. The predicted octanol–water partition coefficient (Wildman–Crippen LogP) is 4.12. The van der Waals surface area contributed by atoms with Crippen LogP contribution in [0.3, 0.4) is 0 Å². The van der Waals surface area contributed by atoms with Crippen LogP contribution < -0.4 is 0 Å². The van der Waals surface area contributed by atoms with Gasteiger partial charge in [0.15, 0.2) is 0 Å². The van der Waals surface area contributed by atoms with Crippen molar-refractivity contribution in [3.8, 4) is 0 Å². The lowest BCUT2D eigenvalue weighted by atomic mass is 9.99. The minimum atomic E-state index is 0.988. The van der Waals surface area contributed by atoms with Gasteiger partial charge in [0, 0.05) is 13.1 Å². The molecule has 2 rings (SSSR count). The minimum Gasteiger partial charge on any atom is -0.377 e. The van der Waals surface area contributed by atoms with Crippen molar-refractivity contribution in [3.63, 3.8) is 0 Å². The number of allylic oxidation sites excluding steroid dienone is 2. The summed E-state index contributed by atoms with van der Waals surface area (Å²) in [5.74, 6) is 0.988. The molecule has 0 amide bonds. The fourth-order valence-electron chi connectivity index (χ4n) is 2.74. The van der Waals surface area contributed by atoms with Gasteiger partial charge in [0.05, 0.1) is 0 Å². The van der Waals surface area contributed by atoms with Crippen molar-refractivity contribution in [3.05, 3.63) is 24.4 Å². The molecule has 1 aliphatic carbocycles. The Kier molecular flexibility index (Phi) is 4.98. The normalized spacial score (nSPS) is 20.1. The lowest BCUT2D eigenvalue weighted by molar-refractivity contribution is 0.384. The van der Waals surface area contributed by atoms with Gasteiger partial charge in [-0.2, -0.15) is 0 Å². The summed E-state index contributed by atoms with van der Waals surface area (Å²) in [5, 5.41) is 0. The maximum absolute atomic E-state index is 2.46. The largest absolute Gasteiger partial charge is 0.377 e. The van der Waals surface area contributed by atoms with Crippen LogP contribution in [0.2, 0.25) is 0 Å². The molecule has 1 aliphatic heterocycles. The van der Waals surface area contributed by atoms with E-state index in [2.05, 4.69) is 29.3 Å². The van der Waals surface area contributed by atoms with Crippen LogP contribution in [0.1, 0.15) is 51.4 Å². The van der Waals surface area contributed by atoms with Gasteiger partial charge in [-0.15, -0.1) is 0 Å². The first-order valence-electron chi connectivity index (χ1n) is 7.01. The summed E-state index contributed by atoms with van der Waals surface area (Å²) in [6.07, 6.45) is 20.3. The summed E-state index contributed by atoms with van der Waals surface area (Å²) < 4.78 is 0. The van der Waals surface area contributed by atoms with Crippen molar-refractivity contribution in [1.82, 2.24) is 4.90 Å². The first-order chi connectivity index (χ1) is 7.95. The fraction of sp³-hybridized carbons (Fsp3) is 0.733. The molecule has 0 spiro atoms. The SMILES string of the molecule is C1=CN(CCCCCCC2CC=CC2)CC1. The van der Waals surface area contributed by atoms with Gasteiger partial charge in [-0.1, -0.05) is 37.5 Å². The highest BCUT2D eigenvalue weighted by Gasteiger charge is 2.09. The van der Waals surface area contributed by atoms with Crippen molar-refractivity contribution in [2.24, 2.45) is 5.92 Å². The summed E-state index contributed by atoms with van der Waals surface area (Å²) in [5.41, 5.74) is 0. The summed E-state index contributed by atoms with van der Waals surface area (Å²) >= 11 is 0. The maximum atomic E-state index is 2.46. The molecule has 0 fully saturated rings. The smallest absolute Gasteiger partial charge is 0.0207 e. The molecular formula is C15H25N. The Hall–Kier alpha value is -0.720. The van der Waals surface area contributed by atoms with Crippen molar-refractivity contribution < 1.29 is 0 Å². The summed E-state index contributed by atoms with van der Waals surface area (Å²) in [6, 6.07) is 0. The van der Waals surface area contributed by atoms with E-state index in [-0.39, 0.29) is 0 Å². The highest BCUT2D eigenvalue weighted by atomic mass is 15.1. The molecule has 2 aliphatic rings. The molecule has 0 radical (unpaired) electrons. The molecule has 0 bridgehead atoms. The molecule has 0 saturated heterocycles. The van der Waals surface area contributed by atoms with E-state index in [0.717, 1.165) is 5.92 Å². The van der Waals surface area contributed by atoms with E-state index >= 15 is 0 Å². The zero-order valence-electron chi connectivity index (χ0n) is 10.4. The Labute approximate surface area is 100 Å². The topological polar surface area (TPSA) is 3.24 Å². The highest BCUT2D eigenvalue weighted by molar-refractivity contribution is 4.93. The lowest BCUT2D eigenvalue weighted by Crippen LogP contribution is -2.15. The number of hydrogen-bond donors (Lipinski definition) is 0. The van der Waals surface area contributed by atoms with E-state index in [9.17, 15) is 0 Å². The molecule has 0 N–H and O–H groups in total. The van der Waals surface area contributed by atoms with E-state index in [0.29, 0.717) is 0 Å². The average molecular weight is 219 g/mol. The second-order valence-electron chi connectivity index (χ2n) is 5.22. The Balaban J connectivity index is 1.38. The van der Waals surface area contributed by atoms with E-state index in [1.165, 1.54) is 64.5 Å². The van der Waals surface area contributed by atoms with Gasteiger partial charge in [-0.3, -0.25) is 0 Å². The molecule has 0 aromatic carbocycles. The van der Waals surface area contributed by atoms with Crippen LogP contribution in [0.25, 0.3) is 0 Å². The third kappa shape index (κ3) is 4.03. The summed E-state index contributed by atoms with van der Waals surface area (Å²) in [4.78, 5) is 2.46. The van der Waals surface area contributed by atoms with Crippen molar-refractivity contribution >= 4 is 0 Å². The van der Waals surface area contributed by atoms with Crippen LogP contribution >= 0.6 is 0 Å². The third-order valence-corrected chi connectivity index (χ3v) is 3.81. The van der Waals surface area contributed by atoms with Crippen LogP contribution in [-0.4, -0.2) is 18.0 Å². The first-order valence-corrected chi connectivity index (χ1v) is 7.01. The van der Waals surface area contributed by atoms with Crippen LogP contribution in [0.5, 0.6) is 0 Å². The molecule has 1 heteroatoms. The van der Waals surface area contributed by atoms with Gasteiger partial charge < -0.3 is 4.90 Å². The molecule has 0 atom stereocenters. The molecular weight excluding hydrogens is 194 g/mol. The van der Waals surface area contributed by atoms with Crippen molar-refractivity contribution in [1.29, 1.82) is 0 Å². The Morgan fingerprint density at radius 1 is 0.938 bits per heavy atom. The zero-order valence-corrected chi connectivity index (χ0v) is 10.4. The van der Waals surface area contributed by atoms with E-state index in [1.54, 1.807) is 0 Å². The molecule has 0 saturated carbocycles. The van der Waals surface area contributed by atoms with Crippen LogP contribution in [0.4, 0.5) is 0 Å². The van der Waals surface area contributed by atoms with Gasteiger partial charge in [0.2, 0.25) is 0 Å². The Morgan fingerprint density at radius 3 is 2.50 bits per heavy atom. The van der Waals surface area contributed by atoms with Crippen molar-refractivity contribution in [2.75, 3.05) is 13.1 Å². The number of unbranched alkanes of at least 4 members (excludes halogenated alkanes) is 3. The molecule has 0 aromatic heterocycles. The second kappa shape index (κ2) is 6.78. The van der Waals surface area contributed by atoms with E-state index in [1.807, 2.05) is 0 Å². The second-order valence-corrected chi connectivity index (χ2v) is 5.22. The van der Waals surface area contributed by atoms with Gasteiger partial charge >= 0.3 is 0 Å². The van der Waals surface area contributed by atoms with Crippen LogP contribution in [0.15, 0.2) is 24.4 Å². The number of nitrogens with zero attached hydrogens (tertiary/aromatic N) is 1. The van der Waals surface area contributed by atoms with Crippen LogP contribution in [-0.2, 0) is 0 Å². The average Bonchev–Trinajstić information content (AvgIpc) is 2.96. The van der Waals surface area contributed by atoms with Gasteiger partial charge in [-0.25, -0.2) is 0 Å². The maximum Gasteiger partial charge on any atom is 0.0207 e. The number of hydrogen-bond acceptors (Lipinski definition) is 1. The third-order valence-electron chi connectivity index (χ3n) is 3.81. The molecule has 1 heterocycles. The van der Waals surface area contributed by atoms with Crippen molar-refractivity contribution in [2.45, 2.75) is 51.4 Å². The van der Waals surface area contributed by atoms with Crippen LogP contribution in [0, 0.1) is 5.92 Å². The Bertz CT molecular complexity index is 234. The van der Waals surface area contributed by atoms with Gasteiger partial charge in [0.1, 0.15) is 0 Å². The lowest BCUT2D eigenvalue weighted by Gasteiger charge is -2.14. The van der Waals surface area contributed by atoms with E-state index in [4.69, 9.17) is 0 Å².